The molecule has 0 amide bonds. The quantitative estimate of drug-likeness (QED) is 0.773. The van der Waals surface area contributed by atoms with E-state index >= 15 is 0 Å². The lowest BCUT2D eigenvalue weighted by Crippen LogP contribution is -2.16. The van der Waals surface area contributed by atoms with Crippen LogP contribution in [0.2, 0.25) is 0 Å². The maximum atomic E-state index is 6.08. The van der Waals surface area contributed by atoms with Crippen molar-refractivity contribution in [1.29, 1.82) is 0 Å². The Morgan fingerprint density at radius 1 is 1.50 bits per heavy atom. The average molecular weight is 190 g/mol. The highest BCUT2D eigenvalue weighted by molar-refractivity contribution is 5.24. The zero-order chi connectivity index (χ0) is 9.80. The predicted molar refractivity (Wildman–Crippen MR) is 54.4 cm³/mol. The van der Waals surface area contributed by atoms with E-state index in [1.54, 1.807) is 18.7 Å². The molecule has 0 saturated carbocycles. The van der Waals surface area contributed by atoms with Crippen LogP contribution >= 0.6 is 0 Å². The van der Waals surface area contributed by atoms with Gasteiger partial charge in [0, 0.05) is 12.4 Å². The summed E-state index contributed by atoms with van der Waals surface area (Å²) >= 11 is 0. The summed E-state index contributed by atoms with van der Waals surface area (Å²) in [5.41, 5.74) is 8.28. The molecule has 74 valence electrons. The second kappa shape index (κ2) is 4.24. The van der Waals surface area contributed by atoms with Gasteiger partial charge < -0.3 is 10.5 Å². The molecule has 2 N–H and O–H groups in total. The van der Waals surface area contributed by atoms with Crippen molar-refractivity contribution < 1.29 is 4.74 Å². The van der Waals surface area contributed by atoms with Crippen LogP contribution in [-0.2, 0) is 4.74 Å². The lowest BCUT2D eigenvalue weighted by molar-refractivity contribution is 0.221. The molecule has 0 saturated heterocycles. The minimum absolute atomic E-state index is 0.0657. The molecule has 0 aliphatic carbocycles. The van der Waals surface area contributed by atoms with Gasteiger partial charge in [0.05, 0.1) is 18.9 Å². The van der Waals surface area contributed by atoms with Crippen LogP contribution in [0.15, 0.2) is 36.4 Å². The Morgan fingerprint density at radius 2 is 2.43 bits per heavy atom. The smallest absolute Gasteiger partial charge is 0.0876 e. The minimum Gasteiger partial charge on any atom is -0.501 e. The number of hydrogen-bond acceptors (Lipinski definition) is 3. The molecule has 3 heteroatoms. The molecule has 0 bridgehead atoms. The lowest BCUT2D eigenvalue weighted by Gasteiger charge is -2.19. The lowest BCUT2D eigenvalue weighted by atomic mass is 9.97. The monoisotopic (exact) mass is 190 g/mol. The van der Waals surface area contributed by atoms with Crippen molar-refractivity contribution in [1.82, 2.24) is 4.98 Å². The summed E-state index contributed by atoms with van der Waals surface area (Å²) in [5.74, 6) is 0. The first-order valence-corrected chi connectivity index (χ1v) is 4.84. The molecule has 2 heterocycles. The van der Waals surface area contributed by atoms with E-state index in [0.29, 0.717) is 0 Å². The van der Waals surface area contributed by atoms with Gasteiger partial charge in [-0.3, -0.25) is 4.98 Å². The van der Waals surface area contributed by atoms with Crippen molar-refractivity contribution in [2.75, 3.05) is 6.61 Å². The molecular formula is C11H14N2O. The van der Waals surface area contributed by atoms with Crippen LogP contribution in [0.3, 0.4) is 0 Å². The van der Waals surface area contributed by atoms with Crippen molar-refractivity contribution in [3.8, 4) is 0 Å². The molecule has 1 unspecified atom stereocenters. The molecule has 3 nitrogen and oxygen atoms in total. The number of pyridine rings is 1. The largest absolute Gasteiger partial charge is 0.501 e. The van der Waals surface area contributed by atoms with E-state index in [1.807, 2.05) is 12.1 Å². The molecule has 0 radical (unpaired) electrons. The summed E-state index contributed by atoms with van der Waals surface area (Å²) in [4.78, 5) is 4.05. The van der Waals surface area contributed by atoms with Crippen LogP contribution in [0.1, 0.15) is 24.4 Å². The fourth-order valence-electron chi connectivity index (χ4n) is 1.59. The third kappa shape index (κ3) is 1.93. The second-order valence-corrected chi connectivity index (χ2v) is 3.43. The molecule has 2 rings (SSSR count). The van der Waals surface area contributed by atoms with Gasteiger partial charge in [0.1, 0.15) is 0 Å². The van der Waals surface area contributed by atoms with Crippen LogP contribution in [0.25, 0.3) is 0 Å². The zero-order valence-electron chi connectivity index (χ0n) is 8.02. The average Bonchev–Trinajstić information content (AvgIpc) is 2.30. The highest BCUT2D eigenvalue weighted by Gasteiger charge is 2.14. The Kier molecular flexibility index (Phi) is 2.79. The first kappa shape index (κ1) is 9.21. The summed E-state index contributed by atoms with van der Waals surface area (Å²) in [7, 11) is 0. The number of ether oxygens (including phenoxy) is 1. The number of aromatic nitrogens is 1. The van der Waals surface area contributed by atoms with Crippen LogP contribution in [-0.4, -0.2) is 11.6 Å². The van der Waals surface area contributed by atoms with Gasteiger partial charge in [0.2, 0.25) is 0 Å². The fraction of sp³-hybridized carbons (Fsp3) is 0.364. The Labute approximate surface area is 83.6 Å². The Balaban J connectivity index is 2.15. The maximum absolute atomic E-state index is 6.08. The highest BCUT2D eigenvalue weighted by Crippen LogP contribution is 2.24. The van der Waals surface area contributed by atoms with Gasteiger partial charge >= 0.3 is 0 Å². The van der Waals surface area contributed by atoms with E-state index in [1.165, 1.54) is 0 Å². The summed E-state index contributed by atoms with van der Waals surface area (Å²) in [5, 5.41) is 0. The second-order valence-electron chi connectivity index (χ2n) is 3.43. The molecule has 0 fully saturated rings. The van der Waals surface area contributed by atoms with Crippen molar-refractivity contribution >= 4 is 0 Å². The zero-order valence-corrected chi connectivity index (χ0v) is 8.02. The summed E-state index contributed by atoms with van der Waals surface area (Å²) in [6, 6.07) is 3.83. The van der Waals surface area contributed by atoms with Gasteiger partial charge in [-0.1, -0.05) is 6.07 Å². The SMILES string of the molecule is NC(C1=COCCC1)c1cccnc1. The van der Waals surface area contributed by atoms with Crippen molar-refractivity contribution in [3.63, 3.8) is 0 Å². The van der Waals surface area contributed by atoms with Gasteiger partial charge in [0.15, 0.2) is 0 Å². The normalized spacial score (nSPS) is 18.2. The molecule has 14 heavy (non-hydrogen) atoms. The van der Waals surface area contributed by atoms with E-state index in [0.717, 1.165) is 30.6 Å². The number of nitrogens with two attached hydrogens (primary N) is 1. The standard InChI is InChI=1S/C11H14N2O/c12-11(9-3-1-5-13-7-9)10-4-2-6-14-8-10/h1,3,5,7-8,11H,2,4,6,12H2. The summed E-state index contributed by atoms with van der Waals surface area (Å²) < 4.78 is 5.26. The Morgan fingerprint density at radius 3 is 3.07 bits per heavy atom. The molecule has 1 atom stereocenters. The van der Waals surface area contributed by atoms with Crippen LogP contribution in [0.5, 0.6) is 0 Å². The topological polar surface area (TPSA) is 48.1 Å². The Hall–Kier alpha value is -1.35. The predicted octanol–water partition coefficient (Wildman–Crippen LogP) is 1.78. The third-order valence-corrected chi connectivity index (χ3v) is 2.41. The number of rotatable bonds is 2. The van der Waals surface area contributed by atoms with Crippen molar-refractivity contribution in [2.24, 2.45) is 5.73 Å². The number of hydrogen-bond donors (Lipinski definition) is 1. The molecule has 0 aromatic carbocycles. The van der Waals surface area contributed by atoms with Crippen molar-refractivity contribution in [2.45, 2.75) is 18.9 Å². The van der Waals surface area contributed by atoms with Gasteiger partial charge in [-0.25, -0.2) is 0 Å². The van der Waals surface area contributed by atoms with E-state index in [9.17, 15) is 0 Å². The maximum Gasteiger partial charge on any atom is 0.0876 e. The van der Waals surface area contributed by atoms with Gasteiger partial charge in [-0.2, -0.15) is 0 Å². The molecule has 1 aliphatic rings. The Bertz CT molecular complexity index is 321. The van der Waals surface area contributed by atoms with E-state index < -0.39 is 0 Å². The first-order chi connectivity index (χ1) is 6.88. The van der Waals surface area contributed by atoms with Crippen LogP contribution < -0.4 is 5.73 Å². The summed E-state index contributed by atoms with van der Waals surface area (Å²) in [6.45, 7) is 0.809. The van der Waals surface area contributed by atoms with Gasteiger partial charge in [0.25, 0.3) is 0 Å². The molecule has 0 spiro atoms. The number of nitrogens with zero attached hydrogens (tertiary/aromatic N) is 1. The van der Waals surface area contributed by atoms with Crippen molar-refractivity contribution in [3.05, 3.63) is 41.9 Å². The van der Waals surface area contributed by atoms with Gasteiger partial charge in [-0.15, -0.1) is 0 Å². The minimum atomic E-state index is -0.0657. The summed E-state index contributed by atoms with van der Waals surface area (Å²) in [6.07, 6.45) is 7.43. The molecule has 1 aliphatic heterocycles. The van der Waals surface area contributed by atoms with Crippen LogP contribution in [0, 0.1) is 0 Å². The van der Waals surface area contributed by atoms with Gasteiger partial charge in [-0.05, 0) is 30.0 Å². The highest BCUT2D eigenvalue weighted by atomic mass is 16.5. The first-order valence-electron chi connectivity index (χ1n) is 4.84. The molecule has 1 aromatic heterocycles. The molecular weight excluding hydrogens is 176 g/mol. The van der Waals surface area contributed by atoms with Crippen LogP contribution in [0.4, 0.5) is 0 Å². The molecule has 1 aromatic rings. The van der Waals surface area contributed by atoms with E-state index in [-0.39, 0.29) is 6.04 Å². The van der Waals surface area contributed by atoms with E-state index in [2.05, 4.69) is 4.98 Å². The van der Waals surface area contributed by atoms with E-state index in [4.69, 9.17) is 10.5 Å². The fourth-order valence-corrected chi connectivity index (χ4v) is 1.59. The third-order valence-electron chi connectivity index (χ3n) is 2.41.